The molecule has 132 valence electrons. The Hall–Kier alpha value is -2.05. The summed E-state index contributed by atoms with van der Waals surface area (Å²) in [5.74, 6) is -0.433. The van der Waals surface area contributed by atoms with E-state index in [4.69, 9.17) is 16.3 Å². The third kappa shape index (κ3) is 6.07. The number of carbonyl (C=O) groups is 2. The summed E-state index contributed by atoms with van der Waals surface area (Å²) in [6.07, 6.45) is -0.00939. The predicted molar refractivity (Wildman–Crippen MR) is 100 cm³/mol. The molecule has 0 aliphatic carbocycles. The average Bonchev–Trinajstić information content (AvgIpc) is 2.60. The summed E-state index contributed by atoms with van der Waals surface area (Å²) in [4.78, 5) is 23.9. The standard InChI is InChI=1S/C18H18BrClN2O3/c1-25-17(23)10-16(14-7-2-3-8-15(14)20)22-18(24)21-11-12-5-4-6-13(19)9-12/h2-9,16H,10-11H2,1H3,(H2,21,22,24). The highest BCUT2D eigenvalue weighted by atomic mass is 79.9. The molecule has 0 heterocycles. The van der Waals surface area contributed by atoms with Gasteiger partial charge in [-0.05, 0) is 29.3 Å². The Morgan fingerprint density at radius 1 is 1.20 bits per heavy atom. The van der Waals surface area contributed by atoms with Gasteiger partial charge >= 0.3 is 12.0 Å². The SMILES string of the molecule is COC(=O)CC(NC(=O)NCc1cccc(Br)c1)c1ccccc1Cl. The molecule has 2 amide bonds. The van der Waals surface area contributed by atoms with Crippen LogP contribution in [0.1, 0.15) is 23.6 Å². The van der Waals surface area contributed by atoms with Gasteiger partial charge in [-0.2, -0.15) is 0 Å². The zero-order valence-corrected chi connectivity index (χ0v) is 15.9. The monoisotopic (exact) mass is 424 g/mol. The van der Waals surface area contributed by atoms with Crippen LogP contribution in [0.2, 0.25) is 5.02 Å². The van der Waals surface area contributed by atoms with Gasteiger partial charge in [0.25, 0.3) is 0 Å². The van der Waals surface area contributed by atoms with Gasteiger partial charge < -0.3 is 15.4 Å². The van der Waals surface area contributed by atoms with E-state index in [2.05, 4.69) is 26.6 Å². The molecule has 0 aromatic heterocycles. The van der Waals surface area contributed by atoms with Crippen molar-refractivity contribution in [2.75, 3.05) is 7.11 Å². The summed E-state index contributed by atoms with van der Waals surface area (Å²) in [5, 5.41) is 6.02. The molecule has 0 saturated heterocycles. The number of methoxy groups -OCH3 is 1. The summed E-state index contributed by atoms with van der Waals surface area (Å²) in [7, 11) is 1.30. The van der Waals surface area contributed by atoms with Gasteiger partial charge in [-0.1, -0.05) is 57.9 Å². The van der Waals surface area contributed by atoms with Gasteiger partial charge in [0, 0.05) is 16.0 Å². The zero-order valence-electron chi connectivity index (χ0n) is 13.6. The molecule has 1 unspecified atom stereocenters. The van der Waals surface area contributed by atoms with Crippen molar-refractivity contribution in [2.45, 2.75) is 19.0 Å². The molecule has 0 bridgehead atoms. The van der Waals surface area contributed by atoms with Crippen molar-refractivity contribution >= 4 is 39.5 Å². The van der Waals surface area contributed by atoms with Crippen molar-refractivity contribution in [2.24, 2.45) is 0 Å². The minimum Gasteiger partial charge on any atom is -0.469 e. The number of halogens is 2. The highest BCUT2D eigenvalue weighted by Crippen LogP contribution is 2.25. The number of ether oxygens (including phenoxy) is 1. The van der Waals surface area contributed by atoms with Crippen LogP contribution in [0.25, 0.3) is 0 Å². The highest BCUT2D eigenvalue weighted by Gasteiger charge is 2.20. The summed E-state index contributed by atoms with van der Waals surface area (Å²) in [6.45, 7) is 0.360. The Labute approximate surface area is 159 Å². The maximum atomic E-state index is 12.2. The first-order valence-electron chi connectivity index (χ1n) is 7.59. The van der Waals surface area contributed by atoms with Crippen LogP contribution < -0.4 is 10.6 Å². The average molecular weight is 426 g/mol. The third-order valence-corrected chi connectivity index (χ3v) is 4.36. The quantitative estimate of drug-likeness (QED) is 0.681. The van der Waals surface area contributed by atoms with Gasteiger partial charge in [-0.3, -0.25) is 4.79 Å². The van der Waals surface area contributed by atoms with E-state index in [0.717, 1.165) is 10.0 Å². The van der Waals surface area contributed by atoms with Crippen molar-refractivity contribution in [1.29, 1.82) is 0 Å². The second-order valence-electron chi connectivity index (χ2n) is 5.31. The lowest BCUT2D eigenvalue weighted by molar-refractivity contribution is -0.141. The smallest absolute Gasteiger partial charge is 0.315 e. The van der Waals surface area contributed by atoms with Gasteiger partial charge in [-0.15, -0.1) is 0 Å². The van der Waals surface area contributed by atoms with Crippen LogP contribution in [0.15, 0.2) is 53.0 Å². The minimum atomic E-state index is -0.580. The van der Waals surface area contributed by atoms with Crippen molar-refractivity contribution in [3.63, 3.8) is 0 Å². The Bertz CT molecular complexity index is 755. The third-order valence-electron chi connectivity index (χ3n) is 3.53. The molecule has 7 heteroatoms. The molecule has 0 saturated carbocycles. The number of hydrogen-bond donors (Lipinski definition) is 2. The Kier molecular flexibility index (Phi) is 7.28. The molecule has 2 aromatic carbocycles. The van der Waals surface area contributed by atoms with Crippen molar-refractivity contribution in [1.82, 2.24) is 10.6 Å². The van der Waals surface area contributed by atoms with Gasteiger partial charge in [0.15, 0.2) is 0 Å². The number of urea groups is 1. The Morgan fingerprint density at radius 3 is 2.64 bits per heavy atom. The molecule has 2 N–H and O–H groups in total. The molecular weight excluding hydrogens is 408 g/mol. The zero-order chi connectivity index (χ0) is 18.2. The fourth-order valence-electron chi connectivity index (χ4n) is 2.28. The minimum absolute atomic E-state index is 0.00939. The number of hydrogen-bond acceptors (Lipinski definition) is 3. The van der Waals surface area contributed by atoms with Crippen LogP contribution in [0.3, 0.4) is 0 Å². The van der Waals surface area contributed by atoms with E-state index in [9.17, 15) is 9.59 Å². The van der Waals surface area contributed by atoms with E-state index in [0.29, 0.717) is 17.1 Å². The van der Waals surface area contributed by atoms with E-state index in [-0.39, 0.29) is 6.42 Å². The second kappa shape index (κ2) is 9.44. The van der Waals surface area contributed by atoms with Gasteiger partial charge in [0.2, 0.25) is 0 Å². The first-order valence-corrected chi connectivity index (χ1v) is 8.76. The van der Waals surface area contributed by atoms with E-state index in [1.807, 2.05) is 24.3 Å². The molecule has 2 rings (SSSR count). The van der Waals surface area contributed by atoms with Crippen LogP contribution in [0, 0.1) is 0 Å². The van der Waals surface area contributed by atoms with Crippen LogP contribution in [-0.4, -0.2) is 19.1 Å². The van der Waals surface area contributed by atoms with Gasteiger partial charge in [0.05, 0.1) is 19.6 Å². The topological polar surface area (TPSA) is 67.4 Å². The number of esters is 1. The Balaban J connectivity index is 2.04. The maximum absolute atomic E-state index is 12.2. The summed E-state index contributed by atoms with van der Waals surface area (Å²) < 4.78 is 5.64. The molecule has 0 fully saturated rings. The van der Waals surface area contributed by atoms with E-state index < -0.39 is 18.0 Å². The number of benzene rings is 2. The van der Waals surface area contributed by atoms with E-state index >= 15 is 0 Å². The molecular formula is C18H18BrClN2O3. The van der Waals surface area contributed by atoms with Crippen LogP contribution in [-0.2, 0) is 16.1 Å². The van der Waals surface area contributed by atoms with Gasteiger partial charge in [0.1, 0.15) is 0 Å². The van der Waals surface area contributed by atoms with E-state index in [1.54, 1.807) is 24.3 Å². The summed E-state index contributed by atoms with van der Waals surface area (Å²) >= 11 is 9.58. The van der Waals surface area contributed by atoms with Crippen LogP contribution in [0.5, 0.6) is 0 Å². The number of amides is 2. The number of nitrogens with one attached hydrogen (secondary N) is 2. The largest absolute Gasteiger partial charge is 0.469 e. The lowest BCUT2D eigenvalue weighted by Crippen LogP contribution is -2.38. The maximum Gasteiger partial charge on any atom is 0.315 e. The number of carbonyl (C=O) groups excluding carboxylic acids is 2. The van der Waals surface area contributed by atoms with Crippen molar-refractivity contribution in [3.8, 4) is 0 Å². The molecule has 5 nitrogen and oxygen atoms in total. The second-order valence-corrected chi connectivity index (χ2v) is 6.63. The fourth-order valence-corrected chi connectivity index (χ4v) is 3.00. The molecule has 1 atom stereocenters. The molecule has 0 spiro atoms. The van der Waals surface area contributed by atoms with Crippen molar-refractivity contribution < 1.29 is 14.3 Å². The first-order chi connectivity index (χ1) is 12.0. The molecule has 0 aliphatic rings. The predicted octanol–water partition coefficient (Wildman–Crippen LogP) is 4.21. The molecule has 0 radical (unpaired) electrons. The molecule has 25 heavy (non-hydrogen) atoms. The normalized spacial score (nSPS) is 11.5. The van der Waals surface area contributed by atoms with Crippen molar-refractivity contribution in [3.05, 3.63) is 69.2 Å². The summed E-state index contributed by atoms with van der Waals surface area (Å²) in [6, 6.07) is 13.7. The van der Waals surface area contributed by atoms with Gasteiger partial charge in [-0.25, -0.2) is 4.79 Å². The van der Waals surface area contributed by atoms with Crippen LogP contribution in [0.4, 0.5) is 4.79 Å². The summed E-state index contributed by atoms with van der Waals surface area (Å²) in [5.41, 5.74) is 1.61. The Morgan fingerprint density at radius 2 is 1.96 bits per heavy atom. The first kappa shape index (κ1) is 19.3. The lowest BCUT2D eigenvalue weighted by Gasteiger charge is -2.19. The number of rotatable bonds is 6. The lowest BCUT2D eigenvalue weighted by atomic mass is 10.0. The molecule has 0 aliphatic heterocycles. The van der Waals surface area contributed by atoms with E-state index in [1.165, 1.54) is 7.11 Å². The fraction of sp³-hybridized carbons (Fsp3) is 0.222. The van der Waals surface area contributed by atoms with Crippen LogP contribution >= 0.6 is 27.5 Å². The highest BCUT2D eigenvalue weighted by molar-refractivity contribution is 9.10. The molecule has 2 aromatic rings.